The van der Waals surface area contributed by atoms with Gasteiger partial charge in [-0.3, -0.25) is 4.79 Å². The lowest BCUT2D eigenvalue weighted by atomic mass is 10.2. The van der Waals surface area contributed by atoms with E-state index in [0.29, 0.717) is 6.61 Å². The van der Waals surface area contributed by atoms with Crippen molar-refractivity contribution in [1.29, 1.82) is 0 Å². The number of ether oxygens (including phenoxy) is 1. The van der Waals surface area contributed by atoms with Gasteiger partial charge in [-0.1, -0.05) is 37.4 Å². The molecule has 1 rings (SSSR count). The van der Waals surface area contributed by atoms with Crippen LogP contribution in [0.5, 0.6) is 0 Å². The van der Waals surface area contributed by atoms with Crippen molar-refractivity contribution in [2.45, 2.75) is 39.2 Å². The largest absolute Gasteiger partial charge is 0.464 e. The summed E-state index contributed by atoms with van der Waals surface area (Å²) in [5.74, 6) is -2.05. The molecule has 0 radical (unpaired) electrons. The molecule has 0 aliphatic rings. The Kier molecular flexibility index (Phi) is 7.15. The molecule has 0 aliphatic carbocycles. The summed E-state index contributed by atoms with van der Waals surface area (Å²) in [5.41, 5.74) is -0.201. The fourth-order valence-corrected chi connectivity index (χ4v) is 1.84. The van der Waals surface area contributed by atoms with E-state index in [2.05, 4.69) is 5.32 Å². The first kappa shape index (κ1) is 17.4. The lowest BCUT2D eigenvalue weighted by Gasteiger charge is -2.14. The zero-order chi connectivity index (χ0) is 15.8. The zero-order valence-corrected chi connectivity index (χ0v) is 12.9. The van der Waals surface area contributed by atoms with Crippen LogP contribution in [0.2, 0.25) is 5.02 Å². The van der Waals surface area contributed by atoms with Crippen LogP contribution in [-0.2, 0) is 9.53 Å². The first-order valence-corrected chi connectivity index (χ1v) is 7.26. The highest BCUT2D eigenvalue weighted by atomic mass is 35.5. The predicted octanol–water partition coefficient (Wildman–Crippen LogP) is 3.33. The number of hydrogen-bond acceptors (Lipinski definition) is 3. The molecular formula is C15H19ClFNO3. The van der Waals surface area contributed by atoms with Gasteiger partial charge in [0.15, 0.2) is 5.82 Å². The van der Waals surface area contributed by atoms with Gasteiger partial charge in [0.05, 0.1) is 17.2 Å². The molecule has 1 atom stereocenters. The maximum Gasteiger partial charge on any atom is 0.328 e. The van der Waals surface area contributed by atoms with Gasteiger partial charge in [0, 0.05) is 0 Å². The van der Waals surface area contributed by atoms with Crippen LogP contribution in [0.25, 0.3) is 0 Å². The molecule has 6 heteroatoms. The highest BCUT2D eigenvalue weighted by molar-refractivity contribution is 6.31. The number of amides is 1. The Morgan fingerprint density at radius 1 is 1.38 bits per heavy atom. The minimum absolute atomic E-state index is 0.141. The van der Waals surface area contributed by atoms with Crippen molar-refractivity contribution in [2.24, 2.45) is 0 Å². The number of hydrogen-bond donors (Lipinski definition) is 1. The summed E-state index contributed by atoms with van der Waals surface area (Å²) in [6.45, 7) is 3.85. The van der Waals surface area contributed by atoms with Gasteiger partial charge in [-0.2, -0.15) is 0 Å². The Hall–Kier alpha value is -1.62. The smallest absolute Gasteiger partial charge is 0.328 e. The third-order valence-corrected chi connectivity index (χ3v) is 3.18. The van der Waals surface area contributed by atoms with Gasteiger partial charge >= 0.3 is 5.97 Å². The molecule has 21 heavy (non-hydrogen) atoms. The summed E-state index contributed by atoms with van der Waals surface area (Å²) in [6.07, 6.45) is 2.78. The molecule has 0 saturated carbocycles. The fourth-order valence-electron chi connectivity index (χ4n) is 1.66. The van der Waals surface area contributed by atoms with E-state index in [1.54, 1.807) is 0 Å². The second-order valence-electron chi connectivity index (χ2n) is 4.67. The standard InChI is InChI=1S/C15H19ClFNO3/c1-3-4-5-9-21-15(20)10(2)18-14(19)11-7-6-8-12(16)13(11)17/h6-8,10H,3-5,9H2,1-2H3,(H,18,19). The molecule has 0 bridgehead atoms. The van der Waals surface area contributed by atoms with Gasteiger partial charge in [-0.25, -0.2) is 9.18 Å². The molecular weight excluding hydrogens is 297 g/mol. The van der Waals surface area contributed by atoms with E-state index >= 15 is 0 Å². The third-order valence-electron chi connectivity index (χ3n) is 2.89. The summed E-state index contributed by atoms with van der Waals surface area (Å²) >= 11 is 5.61. The van der Waals surface area contributed by atoms with Crippen molar-refractivity contribution >= 4 is 23.5 Å². The van der Waals surface area contributed by atoms with E-state index in [0.717, 1.165) is 19.3 Å². The van der Waals surface area contributed by atoms with Crippen molar-refractivity contribution in [3.05, 3.63) is 34.6 Å². The molecule has 0 aliphatic heterocycles. The maximum absolute atomic E-state index is 13.7. The number of nitrogens with one attached hydrogen (secondary N) is 1. The number of esters is 1. The second kappa shape index (κ2) is 8.62. The van der Waals surface area contributed by atoms with Crippen molar-refractivity contribution in [2.75, 3.05) is 6.61 Å². The van der Waals surface area contributed by atoms with Crippen LogP contribution in [-0.4, -0.2) is 24.5 Å². The van der Waals surface area contributed by atoms with Crippen LogP contribution in [0.3, 0.4) is 0 Å². The Balaban J connectivity index is 2.53. The van der Waals surface area contributed by atoms with E-state index in [1.165, 1.54) is 25.1 Å². The lowest BCUT2D eigenvalue weighted by Crippen LogP contribution is -2.40. The number of halogens is 2. The molecule has 1 amide bonds. The molecule has 1 N–H and O–H groups in total. The monoisotopic (exact) mass is 315 g/mol. The van der Waals surface area contributed by atoms with Crippen molar-refractivity contribution in [1.82, 2.24) is 5.32 Å². The van der Waals surface area contributed by atoms with Crippen molar-refractivity contribution in [3.8, 4) is 0 Å². The molecule has 0 fully saturated rings. The van der Waals surface area contributed by atoms with Gasteiger partial charge in [-0.15, -0.1) is 0 Å². The van der Waals surface area contributed by atoms with Gasteiger partial charge in [0.25, 0.3) is 5.91 Å². The molecule has 0 spiro atoms. The van der Waals surface area contributed by atoms with E-state index in [4.69, 9.17) is 16.3 Å². The van der Waals surface area contributed by atoms with Crippen LogP contribution in [0, 0.1) is 5.82 Å². The molecule has 1 aromatic rings. The normalized spacial score (nSPS) is 11.8. The van der Waals surface area contributed by atoms with Crippen molar-refractivity contribution < 1.29 is 18.7 Å². The Bertz CT molecular complexity index is 508. The molecule has 0 saturated heterocycles. The van der Waals surface area contributed by atoms with Crippen LogP contribution >= 0.6 is 11.6 Å². The number of carbonyl (C=O) groups excluding carboxylic acids is 2. The zero-order valence-electron chi connectivity index (χ0n) is 12.1. The number of benzene rings is 1. The molecule has 116 valence electrons. The van der Waals surface area contributed by atoms with Crippen molar-refractivity contribution in [3.63, 3.8) is 0 Å². The summed E-state index contributed by atoms with van der Waals surface area (Å²) in [5, 5.41) is 2.25. The first-order chi connectivity index (χ1) is 9.97. The molecule has 1 unspecified atom stereocenters. The molecule has 1 aromatic carbocycles. The summed E-state index contributed by atoms with van der Waals surface area (Å²) < 4.78 is 18.7. The number of rotatable bonds is 7. The average molecular weight is 316 g/mol. The first-order valence-electron chi connectivity index (χ1n) is 6.88. The second-order valence-corrected chi connectivity index (χ2v) is 5.08. The Morgan fingerprint density at radius 2 is 2.10 bits per heavy atom. The number of carbonyl (C=O) groups is 2. The quantitative estimate of drug-likeness (QED) is 0.620. The van der Waals surface area contributed by atoms with Crippen LogP contribution in [0.15, 0.2) is 18.2 Å². The van der Waals surface area contributed by atoms with Crippen LogP contribution in [0.4, 0.5) is 4.39 Å². The van der Waals surface area contributed by atoms with Crippen LogP contribution < -0.4 is 5.32 Å². The highest BCUT2D eigenvalue weighted by Crippen LogP contribution is 2.17. The van der Waals surface area contributed by atoms with E-state index in [9.17, 15) is 14.0 Å². The van der Waals surface area contributed by atoms with E-state index < -0.39 is 23.7 Å². The Labute approximate surface area is 128 Å². The third kappa shape index (κ3) is 5.34. The van der Waals surface area contributed by atoms with E-state index in [-0.39, 0.29) is 10.6 Å². The minimum Gasteiger partial charge on any atom is -0.464 e. The minimum atomic E-state index is -0.850. The molecule has 0 heterocycles. The topological polar surface area (TPSA) is 55.4 Å². The van der Waals surface area contributed by atoms with E-state index in [1.807, 2.05) is 6.92 Å². The molecule has 0 aromatic heterocycles. The SMILES string of the molecule is CCCCCOC(=O)C(C)NC(=O)c1cccc(Cl)c1F. The van der Waals surface area contributed by atoms with Gasteiger partial charge in [0.1, 0.15) is 6.04 Å². The maximum atomic E-state index is 13.7. The predicted molar refractivity (Wildman–Crippen MR) is 78.8 cm³/mol. The highest BCUT2D eigenvalue weighted by Gasteiger charge is 2.20. The Morgan fingerprint density at radius 3 is 2.76 bits per heavy atom. The fraction of sp³-hybridized carbons (Fsp3) is 0.467. The average Bonchev–Trinajstić information content (AvgIpc) is 2.46. The summed E-state index contributed by atoms with van der Waals surface area (Å²) in [7, 11) is 0. The summed E-state index contributed by atoms with van der Waals surface area (Å²) in [4.78, 5) is 23.6. The van der Waals surface area contributed by atoms with Gasteiger partial charge in [0.2, 0.25) is 0 Å². The van der Waals surface area contributed by atoms with Gasteiger partial charge < -0.3 is 10.1 Å². The van der Waals surface area contributed by atoms with Crippen LogP contribution in [0.1, 0.15) is 43.5 Å². The van der Waals surface area contributed by atoms with Gasteiger partial charge in [-0.05, 0) is 25.5 Å². The molecule has 4 nitrogen and oxygen atoms in total. The number of unbranched alkanes of at least 4 members (excludes halogenated alkanes) is 2. The lowest BCUT2D eigenvalue weighted by molar-refractivity contribution is -0.145. The summed E-state index contributed by atoms with van der Waals surface area (Å²) in [6, 6.07) is 3.26.